The van der Waals surface area contributed by atoms with Crippen LogP contribution >= 0.6 is 0 Å². The van der Waals surface area contributed by atoms with Crippen LogP contribution in [-0.4, -0.2) is 37.2 Å². The molecule has 1 saturated heterocycles. The van der Waals surface area contributed by atoms with E-state index in [-0.39, 0.29) is 0 Å². The van der Waals surface area contributed by atoms with Crippen LogP contribution in [0.4, 0.5) is 0 Å². The number of nitrogens with zero attached hydrogens (tertiary/aromatic N) is 1. The lowest BCUT2D eigenvalue weighted by Gasteiger charge is -2.36. The van der Waals surface area contributed by atoms with Crippen LogP contribution in [0.1, 0.15) is 30.7 Å². The number of piperidine rings is 1. The third-order valence-electron chi connectivity index (χ3n) is 4.16. The zero-order valence-electron chi connectivity index (χ0n) is 11.0. The summed E-state index contributed by atoms with van der Waals surface area (Å²) in [5, 5.41) is 0. The number of nitrogens with two attached hydrogens (primary N) is 1. The lowest BCUT2D eigenvalue weighted by Crippen LogP contribution is -2.47. The Bertz CT molecular complexity index is 399. The fourth-order valence-corrected chi connectivity index (χ4v) is 3.03. The second-order valence-electron chi connectivity index (χ2n) is 5.65. The van der Waals surface area contributed by atoms with Gasteiger partial charge >= 0.3 is 0 Å². The van der Waals surface area contributed by atoms with Crippen LogP contribution in [0.5, 0.6) is 5.75 Å². The van der Waals surface area contributed by atoms with Crippen molar-refractivity contribution in [1.29, 1.82) is 0 Å². The van der Waals surface area contributed by atoms with E-state index in [9.17, 15) is 0 Å². The summed E-state index contributed by atoms with van der Waals surface area (Å²) in [7, 11) is 1.71. The topological polar surface area (TPSA) is 38.5 Å². The van der Waals surface area contributed by atoms with E-state index in [0.29, 0.717) is 12.0 Å². The molecule has 18 heavy (non-hydrogen) atoms. The Kier molecular flexibility index (Phi) is 3.27. The Balaban J connectivity index is 1.72. The first kappa shape index (κ1) is 12.0. The van der Waals surface area contributed by atoms with Crippen molar-refractivity contribution in [3.05, 3.63) is 29.8 Å². The van der Waals surface area contributed by atoms with E-state index in [1.807, 2.05) is 0 Å². The van der Waals surface area contributed by atoms with E-state index in [4.69, 9.17) is 10.5 Å². The van der Waals surface area contributed by atoms with Gasteiger partial charge in [-0.3, -0.25) is 4.90 Å². The Labute approximate surface area is 109 Å². The molecule has 2 N–H and O–H groups in total. The van der Waals surface area contributed by atoms with Gasteiger partial charge in [-0.05, 0) is 42.9 Å². The van der Waals surface area contributed by atoms with Crippen LogP contribution < -0.4 is 10.5 Å². The molecule has 1 aliphatic carbocycles. The molecule has 0 bridgehead atoms. The molecular formula is C15H22N2O. The van der Waals surface area contributed by atoms with Gasteiger partial charge in [0.25, 0.3) is 0 Å². The predicted octanol–water partition coefficient (Wildman–Crippen LogP) is 1.97. The van der Waals surface area contributed by atoms with Gasteiger partial charge in [0.1, 0.15) is 5.75 Å². The highest BCUT2D eigenvalue weighted by molar-refractivity contribution is 5.30. The number of hydrogen-bond acceptors (Lipinski definition) is 3. The summed E-state index contributed by atoms with van der Waals surface area (Å²) < 4.78 is 5.21. The molecule has 2 fully saturated rings. The first-order chi connectivity index (χ1) is 8.76. The minimum atomic E-state index is 0.325. The molecule has 1 aliphatic heterocycles. The molecule has 3 nitrogen and oxygen atoms in total. The van der Waals surface area contributed by atoms with Crippen LogP contribution in [0.3, 0.4) is 0 Å². The smallest absolute Gasteiger partial charge is 0.118 e. The van der Waals surface area contributed by atoms with Gasteiger partial charge < -0.3 is 10.5 Å². The van der Waals surface area contributed by atoms with Crippen LogP contribution in [0, 0.1) is 0 Å². The lowest BCUT2D eigenvalue weighted by atomic mass is 9.88. The third kappa shape index (κ3) is 2.52. The highest BCUT2D eigenvalue weighted by atomic mass is 16.5. The maximum absolute atomic E-state index is 6.21. The number of benzene rings is 1. The highest BCUT2D eigenvalue weighted by Gasteiger charge is 2.35. The molecule has 0 spiro atoms. The Morgan fingerprint density at radius 2 is 1.89 bits per heavy atom. The summed E-state index contributed by atoms with van der Waals surface area (Å²) in [6.07, 6.45) is 3.83. The molecule has 2 atom stereocenters. The number of ether oxygens (including phenoxy) is 1. The first-order valence-electron chi connectivity index (χ1n) is 6.90. The summed E-state index contributed by atoms with van der Waals surface area (Å²) in [5.41, 5.74) is 7.61. The zero-order valence-corrected chi connectivity index (χ0v) is 11.0. The van der Waals surface area contributed by atoms with Crippen LogP contribution in [0.2, 0.25) is 0 Å². The number of likely N-dealkylation sites (tertiary alicyclic amines) is 1. The fraction of sp³-hybridized carbons (Fsp3) is 0.600. The van der Waals surface area contributed by atoms with Crippen molar-refractivity contribution in [3.8, 4) is 5.75 Å². The van der Waals surface area contributed by atoms with Crippen molar-refractivity contribution in [1.82, 2.24) is 4.90 Å². The van der Waals surface area contributed by atoms with Gasteiger partial charge in [-0.2, -0.15) is 0 Å². The molecule has 3 heteroatoms. The number of hydrogen-bond donors (Lipinski definition) is 1. The SMILES string of the molecule is COc1ccc(C2CC(N)CN(C3CC3)C2)cc1. The quantitative estimate of drug-likeness (QED) is 0.886. The lowest BCUT2D eigenvalue weighted by molar-refractivity contribution is 0.180. The van der Waals surface area contributed by atoms with Crippen molar-refractivity contribution in [3.63, 3.8) is 0 Å². The zero-order chi connectivity index (χ0) is 12.5. The van der Waals surface area contributed by atoms with Crippen molar-refractivity contribution >= 4 is 0 Å². The van der Waals surface area contributed by atoms with Gasteiger partial charge in [-0.15, -0.1) is 0 Å². The minimum absolute atomic E-state index is 0.325. The first-order valence-corrected chi connectivity index (χ1v) is 6.90. The Morgan fingerprint density at radius 3 is 2.50 bits per heavy atom. The van der Waals surface area contributed by atoms with E-state index in [1.165, 1.54) is 24.9 Å². The van der Waals surface area contributed by atoms with E-state index in [2.05, 4.69) is 29.2 Å². The Morgan fingerprint density at radius 1 is 1.17 bits per heavy atom. The van der Waals surface area contributed by atoms with Crippen LogP contribution in [0.25, 0.3) is 0 Å². The number of methoxy groups -OCH3 is 1. The molecule has 0 radical (unpaired) electrons. The van der Waals surface area contributed by atoms with Gasteiger partial charge in [0, 0.05) is 25.2 Å². The normalized spacial score (nSPS) is 29.2. The molecule has 1 aromatic rings. The molecule has 2 aliphatic rings. The molecule has 2 unspecified atom stereocenters. The van der Waals surface area contributed by atoms with Gasteiger partial charge in [-0.1, -0.05) is 12.1 Å². The molecule has 1 aromatic carbocycles. The molecule has 0 aromatic heterocycles. The highest BCUT2D eigenvalue weighted by Crippen LogP contribution is 2.34. The summed E-state index contributed by atoms with van der Waals surface area (Å²) in [5.74, 6) is 1.51. The average Bonchev–Trinajstić information content (AvgIpc) is 3.22. The summed E-state index contributed by atoms with van der Waals surface area (Å²) in [6, 6.07) is 9.62. The molecular weight excluding hydrogens is 224 g/mol. The van der Waals surface area contributed by atoms with Crippen LogP contribution in [-0.2, 0) is 0 Å². The van der Waals surface area contributed by atoms with E-state index >= 15 is 0 Å². The van der Waals surface area contributed by atoms with Gasteiger partial charge in [-0.25, -0.2) is 0 Å². The van der Waals surface area contributed by atoms with Crippen molar-refractivity contribution < 1.29 is 4.74 Å². The van der Waals surface area contributed by atoms with E-state index in [0.717, 1.165) is 24.8 Å². The second kappa shape index (κ2) is 4.90. The second-order valence-corrected chi connectivity index (χ2v) is 5.65. The summed E-state index contributed by atoms with van der Waals surface area (Å²) in [6.45, 7) is 2.25. The van der Waals surface area contributed by atoms with E-state index in [1.54, 1.807) is 7.11 Å². The summed E-state index contributed by atoms with van der Waals surface area (Å²) in [4.78, 5) is 2.59. The number of rotatable bonds is 3. The van der Waals surface area contributed by atoms with Crippen molar-refractivity contribution in [2.75, 3.05) is 20.2 Å². The standard InChI is InChI=1S/C15H22N2O/c1-18-15-6-2-11(3-7-15)12-8-13(16)10-17(9-12)14-4-5-14/h2-3,6-7,12-14H,4-5,8-10,16H2,1H3. The average molecular weight is 246 g/mol. The molecule has 98 valence electrons. The molecule has 0 amide bonds. The van der Waals surface area contributed by atoms with Gasteiger partial charge in [0.05, 0.1) is 7.11 Å². The predicted molar refractivity (Wildman–Crippen MR) is 72.9 cm³/mol. The van der Waals surface area contributed by atoms with Gasteiger partial charge in [0.15, 0.2) is 0 Å². The largest absolute Gasteiger partial charge is 0.497 e. The molecule has 1 heterocycles. The maximum Gasteiger partial charge on any atom is 0.118 e. The molecule has 1 saturated carbocycles. The van der Waals surface area contributed by atoms with E-state index < -0.39 is 0 Å². The maximum atomic E-state index is 6.21. The fourth-order valence-electron chi connectivity index (χ4n) is 3.03. The Hall–Kier alpha value is -1.06. The monoisotopic (exact) mass is 246 g/mol. The summed E-state index contributed by atoms with van der Waals surface area (Å²) >= 11 is 0. The van der Waals surface area contributed by atoms with Crippen LogP contribution in [0.15, 0.2) is 24.3 Å². The molecule has 3 rings (SSSR count). The van der Waals surface area contributed by atoms with Crippen molar-refractivity contribution in [2.45, 2.75) is 37.3 Å². The van der Waals surface area contributed by atoms with Gasteiger partial charge in [0.2, 0.25) is 0 Å². The van der Waals surface area contributed by atoms with Crippen molar-refractivity contribution in [2.24, 2.45) is 5.73 Å². The minimum Gasteiger partial charge on any atom is -0.497 e. The third-order valence-corrected chi connectivity index (χ3v) is 4.16.